The number of hydrogen-bond donors (Lipinski definition) is 0. The highest BCUT2D eigenvalue weighted by Crippen LogP contribution is 2.60. The van der Waals surface area contributed by atoms with Crippen LogP contribution in [-0.2, 0) is 27.1 Å². The van der Waals surface area contributed by atoms with Crippen molar-refractivity contribution in [3.05, 3.63) is 208 Å². The van der Waals surface area contributed by atoms with E-state index in [2.05, 4.69) is 239 Å². The van der Waals surface area contributed by atoms with Gasteiger partial charge in [-0.05, 0) is 145 Å². The van der Waals surface area contributed by atoms with Crippen molar-refractivity contribution in [2.45, 2.75) is 116 Å². The molecule has 0 N–H and O–H groups in total. The molecule has 2 aliphatic rings. The summed E-state index contributed by atoms with van der Waals surface area (Å²) in [5.74, 6) is 0. The molecule has 0 fully saturated rings. The molecule has 0 aromatic heterocycles. The molecule has 1 heteroatoms. The Morgan fingerprint density at radius 2 is 0.934 bits per heavy atom. The molecular weight excluding hydrogens is 735 g/mol. The second-order valence-electron chi connectivity index (χ2n) is 21.3. The summed E-state index contributed by atoms with van der Waals surface area (Å²) >= 11 is 0. The van der Waals surface area contributed by atoms with Gasteiger partial charge in [-0.2, -0.15) is 0 Å². The van der Waals surface area contributed by atoms with Crippen LogP contribution in [0.2, 0.25) is 0 Å². The first kappa shape index (κ1) is 40.7. The zero-order valence-electron chi connectivity index (χ0n) is 38.4. The summed E-state index contributed by atoms with van der Waals surface area (Å²) in [6, 6.07) is 60.5. The number of aryl methyl sites for hydroxylation is 1. The molecule has 0 heterocycles. The Morgan fingerprint density at radius 1 is 0.443 bits per heavy atom. The lowest BCUT2D eigenvalue weighted by Crippen LogP contribution is -2.34. The molecular formula is C60H63N. The summed E-state index contributed by atoms with van der Waals surface area (Å²) in [5.41, 5.74) is 20.5. The summed E-state index contributed by atoms with van der Waals surface area (Å²) in [7, 11) is 0. The predicted octanol–water partition coefficient (Wildman–Crippen LogP) is 16.4. The van der Waals surface area contributed by atoms with Crippen LogP contribution in [0, 0.1) is 6.92 Å². The molecule has 0 unspecified atom stereocenters. The summed E-state index contributed by atoms with van der Waals surface area (Å²) in [6.07, 6.45) is 2.31. The van der Waals surface area contributed by atoms with Crippen molar-refractivity contribution in [1.29, 1.82) is 0 Å². The summed E-state index contributed by atoms with van der Waals surface area (Å²) in [5, 5.41) is 0. The van der Waals surface area contributed by atoms with E-state index in [0.717, 1.165) is 17.8 Å². The molecule has 0 atom stereocenters. The third kappa shape index (κ3) is 6.67. The first-order valence-corrected chi connectivity index (χ1v) is 22.5. The molecule has 308 valence electrons. The number of hydrogen-bond acceptors (Lipinski definition) is 1. The summed E-state index contributed by atoms with van der Waals surface area (Å²) < 4.78 is 0. The van der Waals surface area contributed by atoms with Crippen molar-refractivity contribution >= 4 is 17.1 Å². The normalized spacial score (nSPS) is 16.0. The number of nitrogens with zero attached hydrogens (tertiary/aromatic N) is 1. The van der Waals surface area contributed by atoms with Crippen molar-refractivity contribution in [3.8, 4) is 22.3 Å². The van der Waals surface area contributed by atoms with E-state index in [0.29, 0.717) is 0 Å². The molecule has 0 bridgehead atoms. The lowest BCUT2D eigenvalue weighted by Gasteiger charge is -2.44. The Balaban J connectivity index is 1.46. The molecule has 0 aliphatic heterocycles. The van der Waals surface area contributed by atoms with Crippen molar-refractivity contribution in [2.75, 3.05) is 4.90 Å². The second kappa shape index (κ2) is 14.5. The van der Waals surface area contributed by atoms with Crippen molar-refractivity contribution in [2.24, 2.45) is 0 Å². The second-order valence-corrected chi connectivity index (χ2v) is 21.3. The molecule has 1 nitrogen and oxygen atoms in total. The average molecular weight is 798 g/mol. The van der Waals surface area contributed by atoms with Crippen LogP contribution in [0.1, 0.15) is 132 Å². The predicted molar refractivity (Wildman–Crippen MR) is 261 cm³/mol. The Hall–Kier alpha value is -5.66. The van der Waals surface area contributed by atoms with Gasteiger partial charge in [0, 0.05) is 16.9 Å². The lowest BCUT2D eigenvalue weighted by atomic mass is 9.61. The molecule has 0 saturated heterocycles. The Labute approximate surface area is 366 Å². The topological polar surface area (TPSA) is 3.24 Å². The number of benzene rings is 7. The lowest BCUT2D eigenvalue weighted by molar-refractivity contribution is 0.332. The quantitative estimate of drug-likeness (QED) is 0.162. The zero-order valence-corrected chi connectivity index (χ0v) is 38.4. The first-order valence-electron chi connectivity index (χ1n) is 22.5. The molecule has 61 heavy (non-hydrogen) atoms. The molecule has 7 aromatic carbocycles. The van der Waals surface area contributed by atoms with Crippen LogP contribution in [0.15, 0.2) is 158 Å². The molecule has 7 aromatic rings. The van der Waals surface area contributed by atoms with Crippen molar-refractivity contribution < 1.29 is 0 Å². The molecule has 0 radical (unpaired) electrons. The maximum Gasteiger partial charge on any atom is 0.0714 e. The van der Waals surface area contributed by atoms with E-state index in [1.54, 1.807) is 0 Å². The fraction of sp³-hybridized carbons (Fsp3) is 0.300. The number of rotatable bonds is 6. The third-order valence-electron chi connectivity index (χ3n) is 14.3. The largest absolute Gasteiger partial charge is 0.310 e. The van der Waals surface area contributed by atoms with Crippen LogP contribution in [0.4, 0.5) is 17.1 Å². The van der Waals surface area contributed by atoms with E-state index in [1.807, 2.05) is 0 Å². The molecule has 0 spiro atoms. The van der Waals surface area contributed by atoms with Gasteiger partial charge in [-0.25, -0.2) is 0 Å². The van der Waals surface area contributed by atoms with Gasteiger partial charge >= 0.3 is 0 Å². The third-order valence-corrected chi connectivity index (χ3v) is 14.3. The smallest absolute Gasteiger partial charge is 0.0714 e. The van der Waals surface area contributed by atoms with E-state index < -0.39 is 5.41 Å². The van der Waals surface area contributed by atoms with Gasteiger partial charge in [0.1, 0.15) is 0 Å². The van der Waals surface area contributed by atoms with E-state index >= 15 is 0 Å². The highest BCUT2D eigenvalue weighted by atomic mass is 15.1. The number of fused-ring (bicyclic) bond motifs is 4. The number of anilines is 3. The van der Waals surface area contributed by atoms with Crippen LogP contribution in [-0.4, -0.2) is 0 Å². The fourth-order valence-electron chi connectivity index (χ4n) is 10.7. The first-order chi connectivity index (χ1) is 28.9. The molecule has 0 amide bonds. The molecule has 2 aliphatic carbocycles. The van der Waals surface area contributed by atoms with E-state index in [4.69, 9.17) is 0 Å². The van der Waals surface area contributed by atoms with Crippen molar-refractivity contribution in [1.82, 2.24) is 0 Å². The van der Waals surface area contributed by atoms with E-state index in [-0.39, 0.29) is 21.7 Å². The minimum absolute atomic E-state index is 0.00816. The van der Waals surface area contributed by atoms with Gasteiger partial charge in [-0.15, -0.1) is 0 Å². The van der Waals surface area contributed by atoms with Gasteiger partial charge < -0.3 is 4.90 Å². The van der Waals surface area contributed by atoms with Gasteiger partial charge in [0.05, 0.1) is 11.1 Å². The molecule has 0 saturated carbocycles. The monoisotopic (exact) mass is 797 g/mol. The standard InChI is InChI=1S/C60H63N/c1-40-26-35-51-55(59(10,11)37-36-58(51,8)9)54(40)49-38-48-47-24-18-19-25-50(47)60(43-20-14-12-15-21-43,44-22-16-13-17-23-44)52(48)39-53(49)61(45-31-27-41(28-32-45)56(2,3)4)46-33-29-42(30-34-46)57(5,6)7/h12-35,38-39H,36-37H2,1-11H3. The summed E-state index contributed by atoms with van der Waals surface area (Å²) in [4.78, 5) is 2.57. The maximum absolute atomic E-state index is 2.60. The van der Waals surface area contributed by atoms with Gasteiger partial charge in [0.15, 0.2) is 0 Å². The average Bonchev–Trinajstić information content (AvgIpc) is 3.52. The Kier molecular flexibility index (Phi) is 9.67. The minimum Gasteiger partial charge on any atom is -0.310 e. The summed E-state index contributed by atoms with van der Waals surface area (Å²) in [6.45, 7) is 26.0. The molecule has 9 rings (SSSR count). The fourth-order valence-corrected chi connectivity index (χ4v) is 10.7. The maximum atomic E-state index is 2.60. The van der Waals surface area contributed by atoms with Gasteiger partial charge in [-0.3, -0.25) is 0 Å². The van der Waals surface area contributed by atoms with Crippen molar-refractivity contribution in [3.63, 3.8) is 0 Å². The van der Waals surface area contributed by atoms with Crippen LogP contribution < -0.4 is 4.90 Å². The Morgan fingerprint density at radius 3 is 1.46 bits per heavy atom. The van der Waals surface area contributed by atoms with Crippen LogP contribution in [0.5, 0.6) is 0 Å². The van der Waals surface area contributed by atoms with E-state index in [9.17, 15) is 0 Å². The SMILES string of the molecule is Cc1ccc2c(c1-c1cc3c(cc1N(c1ccc(C(C)(C)C)cc1)c1ccc(C(C)(C)C)cc1)C(c1ccccc1)(c1ccccc1)c1ccccc1-3)C(C)(C)CCC2(C)C. The highest BCUT2D eigenvalue weighted by Gasteiger charge is 2.47. The Bertz CT molecular complexity index is 2640. The van der Waals surface area contributed by atoms with Gasteiger partial charge in [-0.1, -0.05) is 191 Å². The van der Waals surface area contributed by atoms with Gasteiger partial charge in [0.2, 0.25) is 0 Å². The van der Waals surface area contributed by atoms with Crippen LogP contribution in [0.25, 0.3) is 22.3 Å². The van der Waals surface area contributed by atoms with E-state index in [1.165, 1.54) is 84.4 Å². The zero-order chi connectivity index (χ0) is 43.1. The minimum atomic E-state index is -0.536. The van der Waals surface area contributed by atoms with Crippen LogP contribution >= 0.6 is 0 Å². The van der Waals surface area contributed by atoms with Gasteiger partial charge in [0.25, 0.3) is 0 Å². The van der Waals surface area contributed by atoms with Crippen LogP contribution in [0.3, 0.4) is 0 Å². The highest BCUT2D eigenvalue weighted by molar-refractivity contribution is 5.98.